The zero-order chi connectivity index (χ0) is 17.1. The van der Waals surface area contributed by atoms with Gasteiger partial charge in [0.05, 0.1) is 0 Å². The van der Waals surface area contributed by atoms with Crippen LogP contribution in [0.4, 0.5) is 14.5 Å². The summed E-state index contributed by atoms with van der Waals surface area (Å²) in [4.78, 5) is 38.8. The minimum absolute atomic E-state index is 0.157. The van der Waals surface area contributed by atoms with Gasteiger partial charge in [-0.05, 0) is 25.0 Å². The number of likely N-dealkylation sites (tertiary alicyclic amines) is 1. The Morgan fingerprint density at radius 3 is 2.35 bits per heavy atom. The number of hydrogen-bond donors (Lipinski definition) is 1. The lowest BCUT2D eigenvalue weighted by atomic mass is 10.2. The van der Waals surface area contributed by atoms with Gasteiger partial charge in [-0.1, -0.05) is 0 Å². The summed E-state index contributed by atoms with van der Waals surface area (Å²) >= 11 is 0. The molecule has 8 heteroatoms. The Hall–Kier alpha value is -2.51. The Morgan fingerprint density at radius 1 is 1.17 bits per heavy atom. The largest absolute Gasteiger partial charge is 0.347 e. The third kappa shape index (κ3) is 3.82. The van der Waals surface area contributed by atoms with E-state index in [4.69, 9.17) is 0 Å². The molecule has 1 unspecified atom stereocenters. The summed E-state index contributed by atoms with van der Waals surface area (Å²) < 4.78 is 26.2. The molecule has 1 N–H and O–H groups in total. The molecule has 1 aromatic rings. The highest BCUT2D eigenvalue weighted by Crippen LogP contribution is 2.20. The number of halogens is 2. The van der Waals surface area contributed by atoms with Gasteiger partial charge >= 0.3 is 11.8 Å². The van der Waals surface area contributed by atoms with E-state index in [1.807, 2.05) is 0 Å². The molecule has 0 aromatic heterocycles. The molecule has 0 bridgehead atoms. The van der Waals surface area contributed by atoms with E-state index < -0.39 is 29.5 Å². The van der Waals surface area contributed by atoms with Crippen LogP contribution in [0.15, 0.2) is 18.2 Å². The Bertz CT molecular complexity index is 629. The Balaban J connectivity index is 2.09. The summed E-state index contributed by atoms with van der Waals surface area (Å²) in [7, 11) is 3.14. The maximum atomic E-state index is 13.1. The number of likely N-dealkylation sites (N-methyl/N-ethyl adjacent to an activating group) is 1. The first-order valence-electron chi connectivity index (χ1n) is 7.09. The zero-order valence-corrected chi connectivity index (χ0v) is 12.8. The van der Waals surface area contributed by atoms with Gasteiger partial charge in [-0.25, -0.2) is 8.78 Å². The van der Waals surface area contributed by atoms with Crippen molar-refractivity contribution < 1.29 is 23.2 Å². The van der Waals surface area contributed by atoms with E-state index in [1.165, 1.54) is 9.80 Å². The topological polar surface area (TPSA) is 69.7 Å². The Morgan fingerprint density at radius 2 is 1.78 bits per heavy atom. The molecular weight excluding hydrogens is 308 g/mol. The van der Waals surface area contributed by atoms with Crippen LogP contribution in [0.25, 0.3) is 0 Å². The minimum Gasteiger partial charge on any atom is -0.347 e. The first kappa shape index (κ1) is 16.9. The van der Waals surface area contributed by atoms with E-state index in [0.717, 1.165) is 12.1 Å². The summed E-state index contributed by atoms with van der Waals surface area (Å²) in [5.41, 5.74) is -0.157. The summed E-state index contributed by atoms with van der Waals surface area (Å²) in [6.45, 7) is 0.286. The Labute approximate surface area is 132 Å². The second kappa shape index (κ2) is 6.72. The van der Waals surface area contributed by atoms with Crippen molar-refractivity contribution in [2.75, 3.05) is 26.0 Å². The fourth-order valence-electron chi connectivity index (χ4n) is 2.51. The van der Waals surface area contributed by atoms with Crippen LogP contribution >= 0.6 is 0 Å². The molecule has 1 aliphatic rings. The highest BCUT2D eigenvalue weighted by Gasteiger charge is 2.37. The second-order valence-electron chi connectivity index (χ2n) is 5.50. The van der Waals surface area contributed by atoms with E-state index in [0.29, 0.717) is 18.9 Å². The van der Waals surface area contributed by atoms with Crippen molar-refractivity contribution in [1.82, 2.24) is 9.80 Å². The molecule has 2 rings (SSSR count). The number of nitrogens with one attached hydrogen (secondary N) is 1. The van der Waals surface area contributed by atoms with Gasteiger partial charge in [-0.3, -0.25) is 14.4 Å². The van der Waals surface area contributed by atoms with Crippen molar-refractivity contribution >= 4 is 23.4 Å². The van der Waals surface area contributed by atoms with Crippen LogP contribution in [-0.4, -0.2) is 54.2 Å². The van der Waals surface area contributed by atoms with Crippen molar-refractivity contribution in [2.45, 2.75) is 18.9 Å². The van der Waals surface area contributed by atoms with Gasteiger partial charge in [0.2, 0.25) is 5.91 Å². The predicted octanol–water partition coefficient (Wildman–Crippen LogP) is 0.982. The maximum absolute atomic E-state index is 13.1. The first-order valence-corrected chi connectivity index (χ1v) is 7.09. The van der Waals surface area contributed by atoms with Crippen molar-refractivity contribution in [3.8, 4) is 0 Å². The Kier molecular flexibility index (Phi) is 4.92. The van der Waals surface area contributed by atoms with Gasteiger partial charge in [0, 0.05) is 32.4 Å². The van der Waals surface area contributed by atoms with Crippen LogP contribution in [0.5, 0.6) is 0 Å². The lowest BCUT2D eigenvalue weighted by molar-refractivity contribution is -0.147. The molecule has 0 saturated carbocycles. The highest BCUT2D eigenvalue weighted by atomic mass is 19.1. The van der Waals surface area contributed by atoms with Crippen molar-refractivity contribution in [3.63, 3.8) is 0 Å². The normalized spacial score (nSPS) is 17.0. The molecule has 1 atom stereocenters. The number of nitrogens with zero attached hydrogens (tertiary/aromatic N) is 2. The lowest BCUT2D eigenvalue weighted by Gasteiger charge is -2.25. The molecule has 23 heavy (non-hydrogen) atoms. The van der Waals surface area contributed by atoms with Crippen LogP contribution in [-0.2, 0) is 14.4 Å². The van der Waals surface area contributed by atoms with E-state index >= 15 is 0 Å². The van der Waals surface area contributed by atoms with E-state index in [-0.39, 0.29) is 18.1 Å². The van der Waals surface area contributed by atoms with Crippen LogP contribution in [0.3, 0.4) is 0 Å². The molecular formula is C15H17F2N3O3. The summed E-state index contributed by atoms with van der Waals surface area (Å²) in [5.74, 6) is -3.93. The second-order valence-corrected chi connectivity index (χ2v) is 5.50. The minimum atomic E-state index is -1.03. The van der Waals surface area contributed by atoms with E-state index in [2.05, 4.69) is 5.32 Å². The molecule has 6 nitrogen and oxygen atoms in total. The first-order chi connectivity index (χ1) is 10.8. The summed E-state index contributed by atoms with van der Waals surface area (Å²) in [5, 5.41) is 2.15. The van der Waals surface area contributed by atoms with Crippen molar-refractivity contribution in [2.24, 2.45) is 0 Å². The molecule has 124 valence electrons. The monoisotopic (exact) mass is 325 g/mol. The number of benzene rings is 1. The molecule has 1 fully saturated rings. The van der Waals surface area contributed by atoms with Crippen molar-refractivity contribution in [1.29, 1.82) is 0 Å². The zero-order valence-electron chi connectivity index (χ0n) is 12.8. The lowest BCUT2D eigenvalue weighted by Crippen LogP contribution is -2.48. The van der Waals surface area contributed by atoms with Crippen LogP contribution in [0.2, 0.25) is 0 Å². The predicted molar refractivity (Wildman–Crippen MR) is 78.4 cm³/mol. The molecule has 0 aliphatic carbocycles. The van der Waals surface area contributed by atoms with Gasteiger partial charge in [-0.2, -0.15) is 0 Å². The molecule has 1 heterocycles. The van der Waals surface area contributed by atoms with E-state index in [9.17, 15) is 23.2 Å². The molecule has 1 aliphatic heterocycles. The van der Waals surface area contributed by atoms with Gasteiger partial charge in [0.25, 0.3) is 0 Å². The van der Waals surface area contributed by atoms with Crippen LogP contribution in [0, 0.1) is 11.6 Å². The fourth-order valence-corrected chi connectivity index (χ4v) is 2.51. The highest BCUT2D eigenvalue weighted by molar-refractivity contribution is 6.40. The van der Waals surface area contributed by atoms with Crippen LogP contribution in [0.1, 0.15) is 12.8 Å². The number of carbonyl (C=O) groups excluding carboxylic acids is 3. The van der Waals surface area contributed by atoms with Crippen molar-refractivity contribution in [3.05, 3.63) is 29.8 Å². The SMILES string of the molecule is CN(C)C(=O)C1CCCN1C(=O)C(=O)Nc1cc(F)cc(F)c1. The molecule has 3 amide bonds. The smallest absolute Gasteiger partial charge is 0.313 e. The third-order valence-corrected chi connectivity index (χ3v) is 3.55. The number of rotatable bonds is 2. The van der Waals surface area contributed by atoms with Crippen LogP contribution < -0.4 is 5.32 Å². The number of hydrogen-bond acceptors (Lipinski definition) is 3. The average molecular weight is 325 g/mol. The number of amides is 3. The van der Waals surface area contributed by atoms with Gasteiger partial charge in [-0.15, -0.1) is 0 Å². The summed E-state index contributed by atoms with van der Waals surface area (Å²) in [6.07, 6.45) is 1.09. The molecule has 1 saturated heterocycles. The molecule has 1 aromatic carbocycles. The number of anilines is 1. The fraction of sp³-hybridized carbons (Fsp3) is 0.400. The standard InChI is InChI=1S/C15H17F2N3O3/c1-19(2)14(22)12-4-3-5-20(12)15(23)13(21)18-11-7-9(16)6-10(17)8-11/h6-8,12H,3-5H2,1-2H3,(H,18,21). The van der Waals surface area contributed by atoms with Gasteiger partial charge < -0.3 is 15.1 Å². The van der Waals surface area contributed by atoms with E-state index in [1.54, 1.807) is 14.1 Å². The molecule has 0 radical (unpaired) electrons. The number of carbonyl (C=O) groups is 3. The van der Waals surface area contributed by atoms with Gasteiger partial charge in [0.15, 0.2) is 0 Å². The average Bonchev–Trinajstić information content (AvgIpc) is 2.93. The summed E-state index contributed by atoms with van der Waals surface area (Å²) in [6, 6.07) is 1.78. The third-order valence-electron chi connectivity index (χ3n) is 3.55. The van der Waals surface area contributed by atoms with Gasteiger partial charge in [0.1, 0.15) is 17.7 Å². The molecule has 0 spiro atoms. The quantitative estimate of drug-likeness (QED) is 0.824. The maximum Gasteiger partial charge on any atom is 0.313 e.